The summed E-state index contributed by atoms with van der Waals surface area (Å²) in [4.78, 5) is 0. The SMILES string of the molecule is CNCC(C)CCC(C)(C)CNNCC1(N(N)c2ccc(Cc3ccc(NN)cc3)cc2)CC(NN)CC(C)(CNN)C1. The molecule has 0 aromatic heterocycles. The molecule has 0 aliphatic heterocycles. The van der Waals surface area contributed by atoms with Crippen molar-refractivity contribution in [3.8, 4) is 0 Å². The first-order valence-electron chi connectivity index (χ1n) is 15.7. The number of nitrogens with two attached hydrogens (primary N) is 4. The van der Waals surface area contributed by atoms with E-state index in [0.717, 1.165) is 56.6 Å². The van der Waals surface area contributed by atoms with Crippen molar-refractivity contribution in [3.05, 3.63) is 59.7 Å². The first kappa shape index (κ1) is 35.2. The van der Waals surface area contributed by atoms with Gasteiger partial charge in [-0.05, 0) is 104 Å². The number of nitrogen functional groups attached to an aromatic ring is 1. The van der Waals surface area contributed by atoms with Crippen LogP contribution in [0.5, 0.6) is 0 Å². The first-order valence-corrected chi connectivity index (χ1v) is 15.7. The summed E-state index contributed by atoms with van der Waals surface area (Å²) in [6.07, 6.45) is 5.72. The summed E-state index contributed by atoms with van der Waals surface area (Å²) >= 11 is 0. The van der Waals surface area contributed by atoms with Crippen LogP contribution in [-0.2, 0) is 6.42 Å². The molecule has 0 saturated heterocycles. The van der Waals surface area contributed by atoms with E-state index in [1.807, 2.05) is 24.2 Å². The Morgan fingerprint density at radius 2 is 1.60 bits per heavy atom. The summed E-state index contributed by atoms with van der Waals surface area (Å²) in [5.41, 5.74) is 19.7. The molecule has 2 aromatic rings. The van der Waals surface area contributed by atoms with Gasteiger partial charge in [0, 0.05) is 31.4 Å². The van der Waals surface area contributed by atoms with Gasteiger partial charge in [-0.25, -0.2) is 5.84 Å². The summed E-state index contributed by atoms with van der Waals surface area (Å²) in [6.45, 7) is 12.4. The van der Waals surface area contributed by atoms with Gasteiger partial charge in [0.05, 0.1) is 11.2 Å². The van der Waals surface area contributed by atoms with E-state index in [-0.39, 0.29) is 16.9 Å². The molecule has 4 atom stereocenters. The van der Waals surface area contributed by atoms with Crippen LogP contribution in [0.4, 0.5) is 11.4 Å². The van der Waals surface area contributed by atoms with E-state index < -0.39 is 5.54 Å². The van der Waals surface area contributed by atoms with E-state index in [1.54, 1.807) is 0 Å². The number of rotatable bonds is 18. The standard InChI is InChI=1S/C32H59N11/c1-24(19-37-5)14-15-30(2,3)21-39-40-23-32(18-28(42-35)17-31(4,20-32)22-38-33)43(36)29-12-8-26(9-13-29)16-25-6-10-27(41-34)11-7-25/h6-13,24,28,37-42H,14-23,33-36H2,1-5H3. The van der Waals surface area contributed by atoms with Gasteiger partial charge in [0.2, 0.25) is 0 Å². The van der Waals surface area contributed by atoms with Crippen molar-refractivity contribution in [2.45, 2.75) is 77.8 Å². The minimum Gasteiger partial charge on any atom is -0.324 e. The van der Waals surface area contributed by atoms with Crippen molar-refractivity contribution in [1.82, 2.24) is 27.0 Å². The average Bonchev–Trinajstić information content (AvgIpc) is 2.98. The molecule has 11 heteroatoms. The molecule has 4 unspecified atom stereocenters. The zero-order valence-corrected chi connectivity index (χ0v) is 27.1. The maximum absolute atomic E-state index is 7.07. The second-order valence-corrected chi connectivity index (χ2v) is 14.0. The minimum atomic E-state index is -0.411. The Morgan fingerprint density at radius 1 is 0.953 bits per heavy atom. The highest BCUT2D eigenvalue weighted by molar-refractivity contribution is 5.50. The van der Waals surface area contributed by atoms with Crippen molar-refractivity contribution in [2.24, 2.45) is 40.1 Å². The van der Waals surface area contributed by atoms with Crippen LogP contribution in [0.3, 0.4) is 0 Å². The highest BCUT2D eigenvalue weighted by Gasteiger charge is 2.49. The third kappa shape index (κ3) is 10.4. The second kappa shape index (κ2) is 16.1. The highest BCUT2D eigenvalue weighted by atomic mass is 15.5. The summed E-state index contributed by atoms with van der Waals surface area (Å²) < 4.78 is 0. The van der Waals surface area contributed by atoms with Gasteiger partial charge in [-0.1, -0.05) is 52.0 Å². The monoisotopic (exact) mass is 597 g/mol. The molecule has 0 amide bonds. The quantitative estimate of drug-likeness (QED) is 0.0692. The Balaban J connectivity index is 1.75. The Labute approximate surface area is 259 Å². The molecule has 1 aliphatic rings. The van der Waals surface area contributed by atoms with Crippen LogP contribution in [0.2, 0.25) is 0 Å². The van der Waals surface area contributed by atoms with Gasteiger partial charge in [-0.3, -0.25) is 39.2 Å². The molecule has 3 rings (SSSR count). The maximum Gasteiger partial charge on any atom is 0.0720 e. The molecule has 11 nitrogen and oxygen atoms in total. The molecular weight excluding hydrogens is 538 g/mol. The third-order valence-corrected chi connectivity index (χ3v) is 9.12. The maximum atomic E-state index is 7.07. The van der Waals surface area contributed by atoms with Crippen LogP contribution < -0.4 is 60.8 Å². The predicted octanol–water partition coefficient (Wildman–Crippen LogP) is 2.22. The molecule has 2 aromatic carbocycles. The zero-order chi connectivity index (χ0) is 31.5. The summed E-state index contributed by atoms with van der Waals surface area (Å²) in [5.74, 6) is 25.2. The molecule has 1 fully saturated rings. The Morgan fingerprint density at radius 3 is 2.19 bits per heavy atom. The van der Waals surface area contributed by atoms with E-state index in [2.05, 4.69) is 96.5 Å². The molecular formula is C32H59N11. The fraction of sp³-hybridized carbons (Fsp3) is 0.625. The third-order valence-electron chi connectivity index (χ3n) is 9.12. The Hall–Kier alpha value is -2.32. The predicted molar refractivity (Wildman–Crippen MR) is 180 cm³/mol. The van der Waals surface area contributed by atoms with Crippen LogP contribution in [0.25, 0.3) is 0 Å². The fourth-order valence-corrected chi connectivity index (χ4v) is 6.67. The van der Waals surface area contributed by atoms with Crippen molar-refractivity contribution < 1.29 is 0 Å². The number of benzene rings is 2. The van der Waals surface area contributed by atoms with E-state index in [0.29, 0.717) is 19.0 Å². The van der Waals surface area contributed by atoms with Crippen LogP contribution >= 0.6 is 0 Å². The zero-order valence-electron chi connectivity index (χ0n) is 27.1. The van der Waals surface area contributed by atoms with Crippen molar-refractivity contribution in [3.63, 3.8) is 0 Å². The lowest BCUT2D eigenvalue weighted by atomic mass is 9.64. The molecule has 0 bridgehead atoms. The number of nitrogens with one attached hydrogen (secondary N) is 6. The lowest BCUT2D eigenvalue weighted by Crippen LogP contribution is -2.68. The van der Waals surface area contributed by atoms with Crippen molar-refractivity contribution in [1.29, 1.82) is 0 Å². The van der Waals surface area contributed by atoms with Gasteiger partial charge in [-0.15, -0.1) is 0 Å². The normalized spacial score (nSPS) is 23.2. The minimum absolute atomic E-state index is 0.0929. The Kier molecular flexibility index (Phi) is 13.2. The second-order valence-electron chi connectivity index (χ2n) is 14.0. The van der Waals surface area contributed by atoms with E-state index >= 15 is 0 Å². The fourth-order valence-electron chi connectivity index (χ4n) is 6.67. The summed E-state index contributed by atoms with van der Waals surface area (Å²) in [5, 5.41) is 5.24. The average molecular weight is 598 g/mol. The molecule has 0 heterocycles. The number of anilines is 2. The smallest absolute Gasteiger partial charge is 0.0720 e. The molecule has 43 heavy (non-hydrogen) atoms. The number of hydrazine groups is 5. The Bertz CT molecular complexity index is 1080. The van der Waals surface area contributed by atoms with Crippen molar-refractivity contribution in [2.75, 3.05) is 43.7 Å². The van der Waals surface area contributed by atoms with Crippen LogP contribution in [-0.4, -0.2) is 44.8 Å². The molecule has 242 valence electrons. The van der Waals surface area contributed by atoms with Gasteiger partial charge in [0.25, 0.3) is 0 Å². The summed E-state index contributed by atoms with van der Waals surface area (Å²) in [6, 6.07) is 16.8. The molecule has 14 N–H and O–H groups in total. The van der Waals surface area contributed by atoms with Gasteiger partial charge < -0.3 is 15.8 Å². The van der Waals surface area contributed by atoms with Crippen LogP contribution in [0.1, 0.15) is 70.9 Å². The van der Waals surface area contributed by atoms with Crippen molar-refractivity contribution >= 4 is 11.4 Å². The number of hydrogen-bond acceptors (Lipinski definition) is 11. The van der Waals surface area contributed by atoms with Gasteiger partial charge in [0.1, 0.15) is 0 Å². The molecule has 1 aliphatic carbocycles. The lowest BCUT2D eigenvalue weighted by Gasteiger charge is -2.53. The topological polar surface area (TPSA) is 180 Å². The van der Waals surface area contributed by atoms with E-state index in [1.165, 1.54) is 17.5 Å². The van der Waals surface area contributed by atoms with Crippen LogP contribution in [0, 0.1) is 16.7 Å². The number of nitrogens with zero attached hydrogens (tertiary/aromatic N) is 1. The first-order chi connectivity index (χ1) is 20.5. The van der Waals surface area contributed by atoms with Gasteiger partial charge in [0.15, 0.2) is 0 Å². The highest BCUT2D eigenvalue weighted by Crippen LogP contribution is 2.44. The molecule has 0 radical (unpaired) electrons. The largest absolute Gasteiger partial charge is 0.324 e. The summed E-state index contributed by atoms with van der Waals surface area (Å²) in [7, 11) is 2.02. The molecule has 0 spiro atoms. The van der Waals surface area contributed by atoms with Crippen LogP contribution in [0.15, 0.2) is 48.5 Å². The number of hydrogen-bond donors (Lipinski definition) is 10. The van der Waals surface area contributed by atoms with Gasteiger partial charge in [-0.2, -0.15) is 0 Å². The molecule has 1 saturated carbocycles. The van der Waals surface area contributed by atoms with E-state index in [4.69, 9.17) is 23.4 Å². The van der Waals surface area contributed by atoms with E-state index in [9.17, 15) is 0 Å². The lowest BCUT2D eigenvalue weighted by molar-refractivity contribution is 0.0896. The van der Waals surface area contributed by atoms with Gasteiger partial charge >= 0.3 is 0 Å².